The molecule has 2 nitrogen and oxygen atoms in total. The molecule has 0 heterocycles. The van der Waals surface area contributed by atoms with E-state index in [0.717, 1.165) is 18.4 Å². The van der Waals surface area contributed by atoms with E-state index in [1.54, 1.807) is 0 Å². The summed E-state index contributed by atoms with van der Waals surface area (Å²) in [5.74, 6) is 0.734. The third-order valence-corrected chi connectivity index (χ3v) is 3.41. The molecular weight excluding hydrogens is 234 g/mol. The SMILES string of the molecule is Cc1ccccc1CC(=O)N(CCCl)C1CC1. The Kier molecular flexibility index (Phi) is 4.06. The van der Waals surface area contributed by atoms with Gasteiger partial charge in [0, 0.05) is 18.5 Å². The molecule has 0 radical (unpaired) electrons. The monoisotopic (exact) mass is 251 g/mol. The molecule has 0 aliphatic heterocycles. The fourth-order valence-corrected chi connectivity index (χ4v) is 2.24. The van der Waals surface area contributed by atoms with Crippen LogP contribution in [-0.4, -0.2) is 29.3 Å². The summed E-state index contributed by atoms with van der Waals surface area (Å²) in [7, 11) is 0. The lowest BCUT2D eigenvalue weighted by molar-refractivity contribution is -0.130. The van der Waals surface area contributed by atoms with Crippen molar-refractivity contribution in [3.8, 4) is 0 Å². The van der Waals surface area contributed by atoms with E-state index in [0.29, 0.717) is 24.9 Å². The molecule has 2 rings (SSSR count). The van der Waals surface area contributed by atoms with Gasteiger partial charge in [0.2, 0.25) is 5.91 Å². The van der Waals surface area contributed by atoms with Crippen LogP contribution in [0.25, 0.3) is 0 Å². The second-order valence-corrected chi connectivity index (χ2v) is 4.99. The highest BCUT2D eigenvalue weighted by Gasteiger charge is 2.31. The van der Waals surface area contributed by atoms with Crippen LogP contribution in [0.5, 0.6) is 0 Å². The maximum absolute atomic E-state index is 12.2. The molecule has 0 spiro atoms. The summed E-state index contributed by atoms with van der Waals surface area (Å²) in [5, 5.41) is 0. The van der Waals surface area contributed by atoms with Crippen molar-refractivity contribution < 1.29 is 4.79 Å². The number of rotatable bonds is 5. The maximum atomic E-state index is 12.2. The Balaban J connectivity index is 2.02. The van der Waals surface area contributed by atoms with Gasteiger partial charge in [0.15, 0.2) is 0 Å². The fraction of sp³-hybridized carbons (Fsp3) is 0.500. The molecule has 0 unspecified atom stereocenters. The third-order valence-electron chi connectivity index (χ3n) is 3.24. The molecule has 3 heteroatoms. The van der Waals surface area contributed by atoms with E-state index >= 15 is 0 Å². The second kappa shape index (κ2) is 5.54. The van der Waals surface area contributed by atoms with Crippen LogP contribution in [0.15, 0.2) is 24.3 Å². The number of hydrogen-bond donors (Lipinski definition) is 0. The lowest BCUT2D eigenvalue weighted by Crippen LogP contribution is -2.36. The molecule has 0 bridgehead atoms. The molecule has 1 aliphatic carbocycles. The van der Waals surface area contributed by atoms with Crippen molar-refractivity contribution in [2.75, 3.05) is 12.4 Å². The number of carbonyl (C=O) groups excluding carboxylic acids is 1. The number of alkyl halides is 1. The van der Waals surface area contributed by atoms with Crippen LogP contribution in [0.2, 0.25) is 0 Å². The van der Waals surface area contributed by atoms with Gasteiger partial charge in [0.25, 0.3) is 0 Å². The summed E-state index contributed by atoms with van der Waals surface area (Å²) in [5.41, 5.74) is 2.31. The first kappa shape index (κ1) is 12.4. The zero-order valence-electron chi connectivity index (χ0n) is 10.2. The number of nitrogens with zero attached hydrogens (tertiary/aromatic N) is 1. The van der Waals surface area contributed by atoms with Gasteiger partial charge >= 0.3 is 0 Å². The predicted octanol–water partition coefficient (Wildman–Crippen LogP) is 2.77. The molecule has 1 aromatic carbocycles. The molecule has 0 N–H and O–H groups in total. The van der Waals surface area contributed by atoms with Gasteiger partial charge in [0.05, 0.1) is 6.42 Å². The molecule has 1 amide bonds. The summed E-state index contributed by atoms with van der Waals surface area (Å²) in [6.45, 7) is 2.72. The predicted molar refractivity (Wildman–Crippen MR) is 70.3 cm³/mol. The largest absolute Gasteiger partial charge is 0.338 e. The van der Waals surface area contributed by atoms with Crippen molar-refractivity contribution in [2.45, 2.75) is 32.2 Å². The van der Waals surface area contributed by atoms with E-state index in [1.807, 2.05) is 36.1 Å². The second-order valence-electron chi connectivity index (χ2n) is 4.61. The molecule has 1 aromatic rings. The minimum Gasteiger partial charge on any atom is -0.338 e. The summed E-state index contributed by atoms with van der Waals surface area (Å²) in [6.07, 6.45) is 2.77. The summed E-state index contributed by atoms with van der Waals surface area (Å²) >= 11 is 5.75. The van der Waals surface area contributed by atoms with E-state index in [2.05, 4.69) is 0 Å². The Morgan fingerprint density at radius 1 is 1.41 bits per heavy atom. The molecule has 0 atom stereocenters. The molecule has 1 fully saturated rings. The molecule has 0 saturated heterocycles. The van der Waals surface area contributed by atoms with Gasteiger partial charge < -0.3 is 4.90 Å². The van der Waals surface area contributed by atoms with Crippen molar-refractivity contribution in [2.24, 2.45) is 0 Å². The minimum absolute atomic E-state index is 0.211. The first-order valence-electron chi connectivity index (χ1n) is 6.12. The van der Waals surface area contributed by atoms with Gasteiger partial charge in [-0.1, -0.05) is 24.3 Å². The fourth-order valence-electron chi connectivity index (χ4n) is 2.06. The van der Waals surface area contributed by atoms with Crippen LogP contribution in [-0.2, 0) is 11.2 Å². The first-order chi connectivity index (χ1) is 8.22. The highest BCUT2D eigenvalue weighted by Crippen LogP contribution is 2.27. The average Bonchev–Trinajstić information content (AvgIpc) is 3.13. The lowest BCUT2D eigenvalue weighted by atomic mass is 10.1. The minimum atomic E-state index is 0.211. The molecular formula is C14H18ClNO. The van der Waals surface area contributed by atoms with Crippen LogP contribution in [0.3, 0.4) is 0 Å². The average molecular weight is 252 g/mol. The van der Waals surface area contributed by atoms with E-state index in [1.165, 1.54) is 5.56 Å². The third kappa shape index (κ3) is 3.22. The summed E-state index contributed by atoms with van der Waals surface area (Å²) in [4.78, 5) is 14.1. The van der Waals surface area contributed by atoms with Crippen molar-refractivity contribution in [3.63, 3.8) is 0 Å². The maximum Gasteiger partial charge on any atom is 0.227 e. The summed E-state index contributed by atoms with van der Waals surface area (Å²) in [6, 6.07) is 8.51. The molecule has 17 heavy (non-hydrogen) atoms. The van der Waals surface area contributed by atoms with Crippen LogP contribution in [0.1, 0.15) is 24.0 Å². The molecule has 92 valence electrons. The van der Waals surface area contributed by atoms with Crippen molar-refractivity contribution in [3.05, 3.63) is 35.4 Å². The van der Waals surface area contributed by atoms with Gasteiger partial charge in [-0.3, -0.25) is 4.79 Å². The molecule has 1 aliphatic rings. The van der Waals surface area contributed by atoms with Gasteiger partial charge in [-0.2, -0.15) is 0 Å². The number of hydrogen-bond acceptors (Lipinski definition) is 1. The Bertz CT molecular complexity index is 401. The Morgan fingerprint density at radius 2 is 2.12 bits per heavy atom. The number of benzene rings is 1. The van der Waals surface area contributed by atoms with Gasteiger partial charge in [-0.05, 0) is 30.9 Å². The normalized spacial score (nSPS) is 14.7. The number of halogens is 1. The van der Waals surface area contributed by atoms with E-state index in [4.69, 9.17) is 11.6 Å². The Labute approximate surface area is 108 Å². The summed E-state index contributed by atoms with van der Waals surface area (Å²) < 4.78 is 0. The highest BCUT2D eigenvalue weighted by atomic mass is 35.5. The van der Waals surface area contributed by atoms with Gasteiger partial charge in [-0.25, -0.2) is 0 Å². The standard InChI is InChI=1S/C14H18ClNO/c1-11-4-2-3-5-12(11)10-14(17)16(9-8-15)13-6-7-13/h2-5,13H,6-10H2,1H3. The lowest BCUT2D eigenvalue weighted by Gasteiger charge is -2.21. The van der Waals surface area contributed by atoms with Crippen LogP contribution in [0.4, 0.5) is 0 Å². The van der Waals surface area contributed by atoms with Gasteiger partial charge in [-0.15, -0.1) is 11.6 Å². The van der Waals surface area contributed by atoms with Crippen molar-refractivity contribution in [1.29, 1.82) is 0 Å². The van der Waals surface area contributed by atoms with Crippen LogP contribution >= 0.6 is 11.6 Å². The van der Waals surface area contributed by atoms with E-state index in [-0.39, 0.29) is 5.91 Å². The molecule has 1 saturated carbocycles. The highest BCUT2D eigenvalue weighted by molar-refractivity contribution is 6.18. The smallest absolute Gasteiger partial charge is 0.227 e. The topological polar surface area (TPSA) is 20.3 Å². The molecule has 0 aromatic heterocycles. The zero-order valence-corrected chi connectivity index (χ0v) is 10.9. The number of carbonyl (C=O) groups is 1. The Hall–Kier alpha value is -1.02. The number of amides is 1. The Morgan fingerprint density at radius 3 is 2.71 bits per heavy atom. The van der Waals surface area contributed by atoms with E-state index in [9.17, 15) is 4.79 Å². The van der Waals surface area contributed by atoms with Crippen LogP contribution < -0.4 is 0 Å². The van der Waals surface area contributed by atoms with E-state index < -0.39 is 0 Å². The zero-order chi connectivity index (χ0) is 12.3. The first-order valence-corrected chi connectivity index (χ1v) is 6.65. The van der Waals surface area contributed by atoms with Crippen molar-refractivity contribution >= 4 is 17.5 Å². The number of aryl methyl sites for hydroxylation is 1. The van der Waals surface area contributed by atoms with Gasteiger partial charge in [0.1, 0.15) is 0 Å². The van der Waals surface area contributed by atoms with Crippen molar-refractivity contribution in [1.82, 2.24) is 4.90 Å². The van der Waals surface area contributed by atoms with Crippen LogP contribution in [0, 0.1) is 6.92 Å². The quantitative estimate of drug-likeness (QED) is 0.737.